The second kappa shape index (κ2) is 3.34. The normalized spacial score (nSPS) is 22.7. The van der Waals surface area contributed by atoms with Gasteiger partial charge in [-0.25, -0.2) is 0 Å². The van der Waals surface area contributed by atoms with Gasteiger partial charge in [0, 0.05) is 18.9 Å². The summed E-state index contributed by atoms with van der Waals surface area (Å²) in [6, 6.07) is 7.57. The van der Waals surface area contributed by atoms with Gasteiger partial charge in [-0.2, -0.15) is 5.10 Å². The maximum atomic E-state index is 10.9. The average molecular weight is 229 g/mol. The first-order valence-electron chi connectivity index (χ1n) is 5.71. The summed E-state index contributed by atoms with van der Waals surface area (Å²) in [5.41, 5.74) is 8.52. The number of nitrogens with two attached hydrogens (primary N) is 1. The molecule has 0 radical (unpaired) electrons. The zero-order chi connectivity index (χ0) is 12.0. The fourth-order valence-electron chi connectivity index (χ4n) is 2.72. The van der Waals surface area contributed by atoms with E-state index in [1.807, 2.05) is 31.3 Å². The number of aryl methyl sites for hydroxylation is 2. The third kappa shape index (κ3) is 1.37. The molecule has 0 amide bonds. The molecule has 0 bridgehead atoms. The van der Waals surface area contributed by atoms with Crippen molar-refractivity contribution in [2.24, 2.45) is 7.05 Å². The zero-order valence-corrected chi connectivity index (χ0v) is 9.72. The van der Waals surface area contributed by atoms with Gasteiger partial charge in [0.05, 0.1) is 5.69 Å². The van der Waals surface area contributed by atoms with Crippen LogP contribution in [-0.4, -0.2) is 14.9 Å². The van der Waals surface area contributed by atoms with Gasteiger partial charge >= 0.3 is 0 Å². The minimum atomic E-state index is -0.922. The lowest BCUT2D eigenvalue weighted by atomic mass is 9.92. The quantitative estimate of drug-likeness (QED) is 0.722. The van der Waals surface area contributed by atoms with E-state index in [4.69, 9.17) is 5.73 Å². The first-order chi connectivity index (χ1) is 8.11. The van der Waals surface area contributed by atoms with Crippen molar-refractivity contribution in [1.82, 2.24) is 9.78 Å². The Kier molecular flexibility index (Phi) is 2.03. The van der Waals surface area contributed by atoms with Crippen LogP contribution in [0.15, 0.2) is 30.5 Å². The van der Waals surface area contributed by atoms with E-state index < -0.39 is 5.60 Å². The molecule has 3 N–H and O–H groups in total. The summed E-state index contributed by atoms with van der Waals surface area (Å²) < 4.78 is 1.73. The number of nitrogens with zero attached hydrogens (tertiary/aromatic N) is 2. The summed E-state index contributed by atoms with van der Waals surface area (Å²) in [6.07, 6.45) is 3.25. The van der Waals surface area contributed by atoms with E-state index in [9.17, 15) is 5.11 Å². The Morgan fingerprint density at radius 3 is 2.94 bits per heavy atom. The number of hydrogen-bond donors (Lipinski definition) is 2. The molecular formula is C13H15N3O. The standard InChI is InChI=1S/C13H15N3O/c1-16-12(5-7-15-16)13(17)6-4-9-8-10(14)2-3-11(9)13/h2-3,5,7-8,17H,4,6,14H2,1H3. The largest absolute Gasteiger partial charge is 0.399 e. The molecule has 17 heavy (non-hydrogen) atoms. The SMILES string of the molecule is Cn1nccc1C1(O)CCc2cc(N)ccc21. The van der Waals surface area contributed by atoms with Crippen LogP contribution in [-0.2, 0) is 19.1 Å². The molecule has 1 aromatic heterocycles. The molecule has 1 aliphatic rings. The molecule has 1 unspecified atom stereocenters. The van der Waals surface area contributed by atoms with Gasteiger partial charge in [-0.1, -0.05) is 6.07 Å². The lowest BCUT2D eigenvalue weighted by Gasteiger charge is -2.24. The number of anilines is 1. The Bertz CT molecular complexity index is 576. The predicted molar refractivity (Wildman–Crippen MR) is 65.4 cm³/mol. The van der Waals surface area contributed by atoms with E-state index in [-0.39, 0.29) is 0 Å². The summed E-state index contributed by atoms with van der Waals surface area (Å²) in [4.78, 5) is 0. The summed E-state index contributed by atoms with van der Waals surface area (Å²) in [5.74, 6) is 0. The molecule has 0 saturated heterocycles. The molecule has 4 heteroatoms. The highest BCUT2D eigenvalue weighted by atomic mass is 16.3. The van der Waals surface area contributed by atoms with Crippen molar-refractivity contribution in [2.75, 3.05) is 5.73 Å². The number of nitrogen functional groups attached to an aromatic ring is 1. The second-order valence-corrected chi connectivity index (χ2v) is 4.62. The average Bonchev–Trinajstić information content (AvgIpc) is 2.85. The van der Waals surface area contributed by atoms with E-state index in [1.165, 1.54) is 0 Å². The molecule has 1 aliphatic carbocycles. The van der Waals surface area contributed by atoms with Crippen LogP contribution in [0.25, 0.3) is 0 Å². The molecule has 4 nitrogen and oxygen atoms in total. The highest BCUT2D eigenvalue weighted by molar-refractivity contribution is 5.51. The number of fused-ring (bicyclic) bond motifs is 1. The number of aliphatic hydroxyl groups is 1. The monoisotopic (exact) mass is 229 g/mol. The smallest absolute Gasteiger partial charge is 0.132 e. The van der Waals surface area contributed by atoms with Crippen molar-refractivity contribution in [1.29, 1.82) is 0 Å². The second-order valence-electron chi connectivity index (χ2n) is 4.62. The van der Waals surface area contributed by atoms with Gasteiger partial charge in [0.1, 0.15) is 5.60 Å². The van der Waals surface area contributed by atoms with Crippen LogP contribution in [0.4, 0.5) is 5.69 Å². The van der Waals surface area contributed by atoms with E-state index in [2.05, 4.69) is 5.10 Å². The molecule has 0 saturated carbocycles. The molecule has 0 aliphatic heterocycles. The molecule has 1 atom stereocenters. The van der Waals surface area contributed by atoms with Crippen LogP contribution in [0.3, 0.4) is 0 Å². The minimum absolute atomic E-state index is 0.686. The van der Waals surface area contributed by atoms with Gasteiger partial charge in [0.25, 0.3) is 0 Å². The minimum Gasteiger partial charge on any atom is -0.399 e. The molecule has 88 valence electrons. The van der Waals surface area contributed by atoms with Gasteiger partial charge in [-0.15, -0.1) is 0 Å². The van der Waals surface area contributed by atoms with Gasteiger partial charge < -0.3 is 10.8 Å². The van der Waals surface area contributed by atoms with Crippen molar-refractivity contribution >= 4 is 5.69 Å². The van der Waals surface area contributed by atoms with E-state index in [1.54, 1.807) is 10.9 Å². The van der Waals surface area contributed by atoms with Crippen LogP contribution in [0, 0.1) is 0 Å². The number of benzene rings is 1. The fraction of sp³-hybridized carbons (Fsp3) is 0.308. The highest BCUT2D eigenvalue weighted by Crippen LogP contribution is 2.42. The third-order valence-electron chi connectivity index (χ3n) is 3.58. The zero-order valence-electron chi connectivity index (χ0n) is 9.72. The van der Waals surface area contributed by atoms with E-state index in [0.717, 1.165) is 28.9 Å². The van der Waals surface area contributed by atoms with Crippen molar-refractivity contribution in [3.05, 3.63) is 47.3 Å². The topological polar surface area (TPSA) is 64.1 Å². The van der Waals surface area contributed by atoms with Crippen LogP contribution < -0.4 is 5.73 Å². The van der Waals surface area contributed by atoms with Gasteiger partial charge in [0.2, 0.25) is 0 Å². The molecule has 0 spiro atoms. The van der Waals surface area contributed by atoms with Crippen molar-refractivity contribution < 1.29 is 5.11 Å². The maximum absolute atomic E-state index is 10.9. The number of aromatic nitrogens is 2. The van der Waals surface area contributed by atoms with Crippen molar-refractivity contribution in [3.8, 4) is 0 Å². The molecule has 0 fully saturated rings. The van der Waals surface area contributed by atoms with Crippen LogP contribution in [0.2, 0.25) is 0 Å². The molecular weight excluding hydrogens is 214 g/mol. The number of rotatable bonds is 1. The van der Waals surface area contributed by atoms with Gasteiger partial charge in [0.15, 0.2) is 0 Å². The van der Waals surface area contributed by atoms with Crippen LogP contribution >= 0.6 is 0 Å². The molecule has 3 rings (SSSR count). The van der Waals surface area contributed by atoms with Crippen molar-refractivity contribution in [3.63, 3.8) is 0 Å². The summed E-state index contributed by atoms with van der Waals surface area (Å²) in [5, 5.41) is 15.0. The Balaban J connectivity index is 2.17. The third-order valence-corrected chi connectivity index (χ3v) is 3.58. The van der Waals surface area contributed by atoms with Gasteiger partial charge in [-0.05, 0) is 42.2 Å². The Morgan fingerprint density at radius 2 is 2.24 bits per heavy atom. The molecule has 2 aromatic rings. The summed E-state index contributed by atoms with van der Waals surface area (Å²) >= 11 is 0. The lowest BCUT2D eigenvalue weighted by molar-refractivity contribution is 0.0740. The van der Waals surface area contributed by atoms with Gasteiger partial charge in [-0.3, -0.25) is 4.68 Å². The first-order valence-corrected chi connectivity index (χ1v) is 5.71. The van der Waals surface area contributed by atoms with E-state index >= 15 is 0 Å². The van der Waals surface area contributed by atoms with Crippen molar-refractivity contribution in [2.45, 2.75) is 18.4 Å². The lowest BCUT2D eigenvalue weighted by Crippen LogP contribution is -2.27. The van der Waals surface area contributed by atoms with Crippen LogP contribution in [0.5, 0.6) is 0 Å². The summed E-state index contributed by atoms with van der Waals surface area (Å²) in [7, 11) is 1.85. The Morgan fingerprint density at radius 1 is 1.41 bits per heavy atom. The highest BCUT2D eigenvalue weighted by Gasteiger charge is 2.40. The van der Waals surface area contributed by atoms with E-state index in [0.29, 0.717) is 6.42 Å². The fourth-order valence-corrected chi connectivity index (χ4v) is 2.72. The Hall–Kier alpha value is -1.81. The Labute approximate surface area is 99.7 Å². The predicted octanol–water partition coefficient (Wildman–Crippen LogP) is 1.18. The summed E-state index contributed by atoms with van der Waals surface area (Å²) in [6.45, 7) is 0. The first kappa shape index (κ1) is 10.4. The number of hydrogen-bond acceptors (Lipinski definition) is 3. The van der Waals surface area contributed by atoms with Crippen LogP contribution in [0.1, 0.15) is 23.2 Å². The molecule has 1 heterocycles. The molecule has 1 aromatic carbocycles. The maximum Gasteiger partial charge on any atom is 0.132 e.